The average Bonchev–Trinajstić information content (AvgIpc) is 2.53. The number of hydrogen-bond acceptors (Lipinski definition) is 5. The molecule has 0 spiro atoms. The number of nitrogens with zero attached hydrogens (tertiary/aromatic N) is 2. The van der Waals surface area contributed by atoms with Crippen LogP contribution in [0.25, 0.3) is 11.6 Å². The predicted molar refractivity (Wildman–Crippen MR) is 80.7 cm³/mol. The first kappa shape index (κ1) is 14.3. The van der Waals surface area contributed by atoms with Crippen molar-refractivity contribution in [2.45, 2.75) is 5.16 Å². The van der Waals surface area contributed by atoms with Crippen LogP contribution in [-0.4, -0.2) is 29.6 Å². The molecule has 0 fully saturated rings. The van der Waals surface area contributed by atoms with Crippen molar-refractivity contribution < 1.29 is 9.53 Å². The maximum absolute atomic E-state index is 11.3. The molecule has 0 saturated carbocycles. The summed E-state index contributed by atoms with van der Waals surface area (Å²) < 4.78 is 5.10. The normalized spacial score (nSPS) is 11.2. The third-order valence-corrected chi connectivity index (χ3v) is 3.24. The first-order valence-corrected chi connectivity index (χ1v) is 7.17. The number of carbonyl (C=O) groups is 1. The van der Waals surface area contributed by atoms with Gasteiger partial charge in [-0.25, -0.2) is 9.97 Å². The summed E-state index contributed by atoms with van der Waals surface area (Å²) >= 11 is 1.44. The maximum Gasteiger partial charge on any atom is 0.187 e. The second-order valence-electron chi connectivity index (χ2n) is 3.92. The minimum absolute atomic E-state index is 0.521. The largest absolute Gasteiger partial charge is 0.497 e. The third-order valence-electron chi connectivity index (χ3n) is 2.68. The Morgan fingerprint density at radius 1 is 1.25 bits per heavy atom. The molecule has 2 aromatic rings. The zero-order valence-electron chi connectivity index (χ0n) is 11.2. The topological polar surface area (TPSA) is 52.1 Å². The summed E-state index contributed by atoms with van der Waals surface area (Å²) in [5.41, 5.74) is 2.06. The van der Waals surface area contributed by atoms with E-state index in [0.29, 0.717) is 16.4 Å². The van der Waals surface area contributed by atoms with Crippen molar-refractivity contribution in [2.75, 3.05) is 13.4 Å². The van der Waals surface area contributed by atoms with E-state index in [1.54, 1.807) is 25.4 Å². The molecular formula is C15H14N2O2S. The Labute approximate surface area is 121 Å². The summed E-state index contributed by atoms with van der Waals surface area (Å²) in [5.74, 6) is 0.779. The quantitative estimate of drug-likeness (QED) is 0.366. The Morgan fingerprint density at radius 2 is 2.00 bits per heavy atom. The molecule has 0 amide bonds. The molecule has 1 heterocycles. The standard InChI is InChI=1S/C15H14N2O2S/c1-19-13-5-3-11(4-6-13)9-12(10-18)14-7-8-16-15(17-14)20-2/h3-10H,1-2H3. The highest BCUT2D eigenvalue weighted by atomic mass is 32.2. The van der Waals surface area contributed by atoms with Gasteiger partial charge in [0.1, 0.15) is 5.75 Å². The molecule has 0 aliphatic carbocycles. The molecule has 5 heteroatoms. The minimum Gasteiger partial charge on any atom is -0.497 e. The molecule has 1 aromatic heterocycles. The van der Waals surface area contributed by atoms with Crippen molar-refractivity contribution in [1.29, 1.82) is 0 Å². The van der Waals surface area contributed by atoms with Crippen LogP contribution in [0.5, 0.6) is 5.75 Å². The Balaban J connectivity index is 2.34. The fraction of sp³-hybridized carbons (Fsp3) is 0.133. The molecular weight excluding hydrogens is 272 g/mol. The van der Waals surface area contributed by atoms with Gasteiger partial charge in [-0.2, -0.15) is 0 Å². The summed E-state index contributed by atoms with van der Waals surface area (Å²) in [6, 6.07) is 9.20. The third kappa shape index (κ3) is 3.45. The number of thioether (sulfide) groups is 1. The van der Waals surface area contributed by atoms with Gasteiger partial charge in [0.05, 0.1) is 12.8 Å². The Morgan fingerprint density at radius 3 is 2.60 bits per heavy atom. The fourth-order valence-corrected chi connectivity index (χ4v) is 2.00. The number of aldehydes is 1. The first-order valence-electron chi connectivity index (χ1n) is 5.95. The van der Waals surface area contributed by atoms with E-state index in [2.05, 4.69) is 9.97 Å². The Kier molecular flexibility index (Phi) is 4.90. The number of methoxy groups -OCH3 is 1. The number of carbonyl (C=O) groups excluding carboxylic acids is 1. The van der Waals surface area contributed by atoms with E-state index in [9.17, 15) is 4.79 Å². The van der Waals surface area contributed by atoms with Gasteiger partial charge in [-0.1, -0.05) is 23.9 Å². The smallest absolute Gasteiger partial charge is 0.187 e. The van der Waals surface area contributed by atoms with Gasteiger partial charge in [-0.15, -0.1) is 0 Å². The predicted octanol–water partition coefficient (Wildman–Crippen LogP) is 2.95. The van der Waals surface area contributed by atoms with Gasteiger partial charge in [0, 0.05) is 11.8 Å². The van der Waals surface area contributed by atoms with Crippen LogP contribution in [0.3, 0.4) is 0 Å². The Bertz CT molecular complexity index is 624. The molecule has 2 rings (SSSR count). The summed E-state index contributed by atoms with van der Waals surface area (Å²) in [7, 11) is 1.62. The molecule has 0 radical (unpaired) electrons. The number of hydrogen-bond donors (Lipinski definition) is 0. The molecule has 0 bridgehead atoms. The van der Waals surface area contributed by atoms with Crippen molar-refractivity contribution >= 4 is 29.7 Å². The van der Waals surface area contributed by atoms with Gasteiger partial charge in [0.15, 0.2) is 11.4 Å². The molecule has 102 valence electrons. The second kappa shape index (κ2) is 6.86. The van der Waals surface area contributed by atoms with E-state index in [4.69, 9.17) is 4.74 Å². The van der Waals surface area contributed by atoms with E-state index in [1.165, 1.54) is 11.8 Å². The summed E-state index contributed by atoms with van der Waals surface area (Å²) in [6.07, 6.45) is 6.14. The van der Waals surface area contributed by atoms with Crippen LogP contribution >= 0.6 is 11.8 Å². The number of ether oxygens (including phenoxy) is 1. The average molecular weight is 286 g/mol. The highest BCUT2D eigenvalue weighted by Crippen LogP contribution is 2.18. The van der Waals surface area contributed by atoms with E-state index < -0.39 is 0 Å². The van der Waals surface area contributed by atoms with Crippen LogP contribution in [0.4, 0.5) is 0 Å². The lowest BCUT2D eigenvalue weighted by atomic mass is 10.1. The summed E-state index contributed by atoms with van der Waals surface area (Å²) in [4.78, 5) is 19.7. The van der Waals surface area contributed by atoms with Crippen LogP contribution in [0, 0.1) is 0 Å². The highest BCUT2D eigenvalue weighted by Gasteiger charge is 2.04. The molecule has 1 aromatic carbocycles. The van der Waals surface area contributed by atoms with E-state index in [0.717, 1.165) is 17.6 Å². The lowest BCUT2D eigenvalue weighted by Gasteiger charge is -2.03. The second-order valence-corrected chi connectivity index (χ2v) is 4.69. The Hall–Kier alpha value is -2.14. The van der Waals surface area contributed by atoms with Gasteiger partial charge in [0.2, 0.25) is 0 Å². The minimum atomic E-state index is 0.521. The molecule has 0 saturated heterocycles. The number of rotatable bonds is 5. The van der Waals surface area contributed by atoms with Crippen molar-refractivity contribution in [3.63, 3.8) is 0 Å². The van der Waals surface area contributed by atoms with Gasteiger partial charge >= 0.3 is 0 Å². The van der Waals surface area contributed by atoms with E-state index in [-0.39, 0.29) is 0 Å². The van der Waals surface area contributed by atoms with Crippen molar-refractivity contribution in [3.05, 3.63) is 47.8 Å². The molecule has 0 aliphatic rings. The monoisotopic (exact) mass is 286 g/mol. The van der Waals surface area contributed by atoms with Crippen LogP contribution in [0.2, 0.25) is 0 Å². The summed E-state index contributed by atoms with van der Waals surface area (Å²) in [6.45, 7) is 0. The van der Waals surface area contributed by atoms with Gasteiger partial charge in [-0.05, 0) is 36.1 Å². The van der Waals surface area contributed by atoms with Gasteiger partial charge in [-0.3, -0.25) is 4.79 Å². The first-order chi connectivity index (χ1) is 9.76. The van der Waals surface area contributed by atoms with Crippen molar-refractivity contribution in [1.82, 2.24) is 9.97 Å². The molecule has 0 unspecified atom stereocenters. The van der Waals surface area contributed by atoms with Crippen LogP contribution in [0.15, 0.2) is 41.7 Å². The van der Waals surface area contributed by atoms with Crippen molar-refractivity contribution in [3.8, 4) is 5.75 Å². The van der Waals surface area contributed by atoms with E-state index >= 15 is 0 Å². The van der Waals surface area contributed by atoms with Crippen LogP contribution < -0.4 is 4.74 Å². The molecule has 0 N–H and O–H groups in total. The lowest BCUT2D eigenvalue weighted by molar-refractivity contribution is -0.103. The van der Waals surface area contributed by atoms with Crippen LogP contribution in [0.1, 0.15) is 11.3 Å². The van der Waals surface area contributed by atoms with E-state index in [1.807, 2.05) is 30.5 Å². The summed E-state index contributed by atoms with van der Waals surface area (Å²) in [5, 5.41) is 0.644. The number of allylic oxidation sites excluding steroid dienone is 1. The number of aromatic nitrogens is 2. The lowest BCUT2D eigenvalue weighted by Crippen LogP contribution is -1.94. The zero-order chi connectivity index (χ0) is 14.4. The molecule has 20 heavy (non-hydrogen) atoms. The number of benzene rings is 1. The molecule has 0 atom stereocenters. The van der Waals surface area contributed by atoms with Crippen LogP contribution in [-0.2, 0) is 4.79 Å². The molecule has 0 aliphatic heterocycles. The SMILES string of the molecule is COc1ccc(C=C(C=O)c2ccnc(SC)n2)cc1. The highest BCUT2D eigenvalue weighted by molar-refractivity contribution is 7.98. The molecule has 4 nitrogen and oxygen atoms in total. The van der Waals surface area contributed by atoms with Crippen molar-refractivity contribution in [2.24, 2.45) is 0 Å². The zero-order valence-corrected chi connectivity index (χ0v) is 12.1. The van der Waals surface area contributed by atoms with Gasteiger partial charge in [0.25, 0.3) is 0 Å². The van der Waals surface area contributed by atoms with Gasteiger partial charge < -0.3 is 4.74 Å². The fourth-order valence-electron chi connectivity index (χ4n) is 1.65. The maximum atomic E-state index is 11.3.